The highest BCUT2D eigenvalue weighted by molar-refractivity contribution is 5.85. The quantitative estimate of drug-likeness (QED) is 0.684. The highest BCUT2D eigenvalue weighted by atomic mass is 35.5. The predicted molar refractivity (Wildman–Crippen MR) is 53.4 cm³/mol. The number of carbonyl (C=O) groups is 1. The van der Waals surface area contributed by atoms with Crippen molar-refractivity contribution in [2.45, 2.75) is 26.7 Å². The van der Waals surface area contributed by atoms with Gasteiger partial charge in [-0.2, -0.15) is 0 Å². The van der Waals surface area contributed by atoms with Gasteiger partial charge < -0.3 is 11.1 Å². The molecule has 0 heterocycles. The van der Waals surface area contributed by atoms with Crippen molar-refractivity contribution in [1.82, 2.24) is 5.32 Å². The summed E-state index contributed by atoms with van der Waals surface area (Å²) in [4.78, 5) is 11.1. The van der Waals surface area contributed by atoms with Crippen molar-refractivity contribution in [3.8, 4) is 0 Å². The Bertz CT molecular complexity index is 120. The van der Waals surface area contributed by atoms with Crippen molar-refractivity contribution in [3.63, 3.8) is 0 Å². The largest absolute Gasteiger partial charge is 0.355 e. The summed E-state index contributed by atoms with van der Waals surface area (Å²) in [6.45, 7) is 5.12. The van der Waals surface area contributed by atoms with Gasteiger partial charge in [-0.15, -0.1) is 12.4 Å². The second kappa shape index (κ2) is 8.81. The van der Waals surface area contributed by atoms with Gasteiger partial charge in [0.05, 0.1) is 0 Å². The van der Waals surface area contributed by atoms with E-state index < -0.39 is 0 Å². The lowest BCUT2D eigenvalue weighted by molar-refractivity contribution is -0.124. The number of rotatable bonds is 5. The Morgan fingerprint density at radius 3 is 2.58 bits per heavy atom. The minimum absolute atomic E-state index is 0. The van der Waals surface area contributed by atoms with Crippen LogP contribution in [0.4, 0.5) is 0 Å². The van der Waals surface area contributed by atoms with Crippen molar-refractivity contribution in [3.05, 3.63) is 0 Å². The molecule has 4 heteroatoms. The number of hydrogen-bond acceptors (Lipinski definition) is 2. The fraction of sp³-hybridized carbons (Fsp3) is 0.875. The predicted octanol–water partition coefficient (Wildman–Crippen LogP) is 0.919. The van der Waals surface area contributed by atoms with Gasteiger partial charge in [0.1, 0.15) is 0 Å². The first kappa shape index (κ1) is 14.3. The number of carbonyl (C=O) groups excluding carboxylic acids is 1. The molecule has 3 nitrogen and oxygen atoms in total. The van der Waals surface area contributed by atoms with Crippen LogP contribution >= 0.6 is 12.4 Å². The third-order valence-electron chi connectivity index (χ3n) is 1.61. The van der Waals surface area contributed by atoms with Gasteiger partial charge in [-0.1, -0.05) is 20.3 Å². The monoisotopic (exact) mass is 194 g/mol. The molecular formula is C8H19ClN2O. The molecule has 0 saturated heterocycles. The molecule has 1 atom stereocenters. The molecule has 0 rings (SSSR count). The van der Waals surface area contributed by atoms with Crippen molar-refractivity contribution in [1.29, 1.82) is 0 Å². The van der Waals surface area contributed by atoms with E-state index in [0.717, 1.165) is 12.8 Å². The van der Waals surface area contributed by atoms with E-state index in [4.69, 9.17) is 5.73 Å². The first-order chi connectivity index (χ1) is 5.22. The second-order valence-electron chi connectivity index (χ2n) is 2.77. The van der Waals surface area contributed by atoms with Crippen molar-refractivity contribution in [2.75, 3.05) is 13.1 Å². The summed E-state index contributed by atoms with van der Waals surface area (Å²) >= 11 is 0. The highest BCUT2D eigenvalue weighted by Crippen LogP contribution is 2.03. The lowest BCUT2D eigenvalue weighted by Gasteiger charge is -2.09. The molecule has 0 bridgehead atoms. The van der Waals surface area contributed by atoms with Crippen LogP contribution in [0.15, 0.2) is 0 Å². The molecule has 0 aliphatic heterocycles. The summed E-state index contributed by atoms with van der Waals surface area (Å²) in [6.07, 6.45) is 2.01. The number of nitrogens with one attached hydrogen (secondary N) is 1. The van der Waals surface area contributed by atoms with E-state index in [-0.39, 0.29) is 24.2 Å². The minimum Gasteiger partial charge on any atom is -0.355 e. The minimum atomic E-state index is 0. The maximum atomic E-state index is 11.1. The fourth-order valence-corrected chi connectivity index (χ4v) is 0.934. The van der Waals surface area contributed by atoms with Crippen LogP contribution < -0.4 is 11.1 Å². The molecule has 1 amide bonds. The van der Waals surface area contributed by atoms with Crippen LogP contribution in [-0.2, 0) is 4.79 Å². The normalized spacial score (nSPS) is 11.6. The van der Waals surface area contributed by atoms with Crippen molar-refractivity contribution < 1.29 is 4.79 Å². The van der Waals surface area contributed by atoms with Gasteiger partial charge in [-0.3, -0.25) is 4.79 Å². The Labute approximate surface area is 80.5 Å². The zero-order chi connectivity index (χ0) is 8.69. The summed E-state index contributed by atoms with van der Waals surface area (Å²) in [5, 5.41) is 2.75. The van der Waals surface area contributed by atoms with Crippen molar-refractivity contribution >= 4 is 18.3 Å². The Hall–Kier alpha value is -0.280. The lowest BCUT2D eigenvalue weighted by atomic mass is 10.1. The Morgan fingerprint density at radius 2 is 2.17 bits per heavy atom. The van der Waals surface area contributed by atoms with Crippen LogP contribution in [0.3, 0.4) is 0 Å². The fourth-order valence-electron chi connectivity index (χ4n) is 0.934. The molecular weight excluding hydrogens is 176 g/mol. The summed E-state index contributed by atoms with van der Waals surface area (Å²) < 4.78 is 0. The van der Waals surface area contributed by atoms with E-state index in [1.165, 1.54) is 0 Å². The molecule has 0 radical (unpaired) electrons. The molecule has 1 unspecified atom stereocenters. The number of amides is 1. The molecule has 0 fully saturated rings. The average Bonchev–Trinajstić information content (AvgIpc) is 2.00. The summed E-state index contributed by atoms with van der Waals surface area (Å²) in [7, 11) is 0. The number of nitrogens with two attached hydrogens (primary N) is 1. The van der Waals surface area contributed by atoms with Crippen LogP contribution in [0.2, 0.25) is 0 Å². The summed E-state index contributed by atoms with van der Waals surface area (Å²) in [5.74, 6) is 0.254. The molecule has 0 saturated carbocycles. The van der Waals surface area contributed by atoms with Gasteiger partial charge in [-0.25, -0.2) is 0 Å². The van der Waals surface area contributed by atoms with Gasteiger partial charge in [0.15, 0.2) is 0 Å². The topological polar surface area (TPSA) is 55.1 Å². The summed E-state index contributed by atoms with van der Waals surface area (Å²) in [6, 6.07) is 0. The van der Waals surface area contributed by atoms with Gasteiger partial charge in [0.25, 0.3) is 0 Å². The summed E-state index contributed by atoms with van der Waals surface area (Å²) in [5.41, 5.74) is 5.24. The van der Waals surface area contributed by atoms with Gasteiger partial charge in [-0.05, 0) is 6.42 Å². The molecule has 3 N–H and O–H groups in total. The van der Waals surface area contributed by atoms with Gasteiger partial charge >= 0.3 is 0 Å². The highest BCUT2D eigenvalue weighted by Gasteiger charge is 2.09. The van der Waals surface area contributed by atoms with E-state index in [9.17, 15) is 4.79 Å². The second-order valence-corrected chi connectivity index (χ2v) is 2.77. The Kier molecular flexibility index (Phi) is 10.5. The molecule has 0 aromatic heterocycles. The maximum Gasteiger partial charge on any atom is 0.222 e. The third kappa shape index (κ3) is 6.43. The van der Waals surface area contributed by atoms with Gasteiger partial charge in [0, 0.05) is 19.0 Å². The molecule has 0 aromatic rings. The molecule has 0 aromatic carbocycles. The Morgan fingerprint density at radius 1 is 1.58 bits per heavy atom. The zero-order valence-electron chi connectivity index (χ0n) is 7.80. The van der Waals surface area contributed by atoms with Crippen LogP contribution in [0.1, 0.15) is 26.7 Å². The van der Waals surface area contributed by atoms with E-state index in [1.807, 2.05) is 6.92 Å². The molecule has 74 valence electrons. The van der Waals surface area contributed by atoms with Crippen LogP contribution in [0, 0.1) is 5.92 Å². The molecule has 12 heavy (non-hydrogen) atoms. The first-order valence-electron chi connectivity index (χ1n) is 4.20. The van der Waals surface area contributed by atoms with Crippen molar-refractivity contribution in [2.24, 2.45) is 11.7 Å². The molecule has 0 aliphatic rings. The maximum absolute atomic E-state index is 11.1. The van der Waals surface area contributed by atoms with Gasteiger partial charge in [0.2, 0.25) is 5.91 Å². The average molecular weight is 195 g/mol. The molecule has 0 aliphatic carbocycles. The third-order valence-corrected chi connectivity index (χ3v) is 1.61. The Balaban J connectivity index is 0. The van der Waals surface area contributed by atoms with E-state index in [2.05, 4.69) is 12.2 Å². The number of halogens is 1. The van der Waals surface area contributed by atoms with E-state index in [1.54, 1.807) is 0 Å². The standard InChI is InChI=1S/C8H18N2O.ClH/c1-3-4-7(2)8(11)10-6-5-9;/h7H,3-6,9H2,1-2H3,(H,10,11);1H. The smallest absolute Gasteiger partial charge is 0.222 e. The SMILES string of the molecule is CCCC(C)C(=O)NCCN.Cl. The molecule has 0 spiro atoms. The number of hydrogen-bond donors (Lipinski definition) is 2. The zero-order valence-corrected chi connectivity index (χ0v) is 8.62. The lowest BCUT2D eigenvalue weighted by Crippen LogP contribution is -2.33. The van der Waals surface area contributed by atoms with E-state index >= 15 is 0 Å². The van der Waals surface area contributed by atoms with Crippen LogP contribution in [0.5, 0.6) is 0 Å². The van der Waals surface area contributed by atoms with E-state index in [0.29, 0.717) is 13.1 Å². The first-order valence-corrected chi connectivity index (χ1v) is 4.20. The van der Waals surface area contributed by atoms with Crippen LogP contribution in [0.25, 0.3) is 0 Å². The van der Waals surface area contributed by atoms with Crippen LogP contribution in [-0.4, -0.2) is 19.0 Å².